The van der Waals surface area contributed by atoms with Crippen molar-refractivity contribution in [1.29, 1.82) is 0 Å². The average molecular weight is 283 g/mol. The van der Waals surface area contributed by atoms with E-state index in [1.54, 1.807) is 5.92 Å². The molecule has 92 valence electrons. The maximum atomic E-state index is 12.8. The summed E-state index contributed by atoms with van der Waals surface area (Å²) in [6.07, 6.45) is -0.970. The molecule has 0 radical (unpaired) electrons. The number of benzene rings is 1. The van der Waals surface area contributed by atoms with Gasteiger partial charge in [-0.3, -0.25) is 0 Å². The third-order valence-corrected chi connectivity index (χ3v) is 2.60. The Morgan fingerprint density at radius 2 is 1.65 bits per heavy atom. The van der Waals surface area contributed by atoms with Crippen LogP contribution in [0.3, 0.4) is 0 Å². The highest BCUT2D eigenvalue weighted by molar-refractivity contribution is 6.34. The smallest absolute Gasteiger partial charge is 0.376 e. The fourth-order valence-corrected chi connectivity index (χ4v) is 1.83. The number of alkyl halides is 3. The van der Waals surface area contributed by atoms with Gasteiger partial charge in [0.2, 0.25) is 0 Å². The van der Waals surface area contributed by atoms with Gasteiger partial charge >= 0.3 is 6.18 Å². The van der Waals surface area contributed by atoms with Crippen molar-refractivity contribution in [1.82, 2.24) is 0 Å². The fraction of sp³-hybridized carbons (Fsp3) is 0.273. The second-order valence-electron chi connectivity index (χ2n) is 3.40. The van der Waals surface area contributed by atoms with Crippen LogP contribution < -0.4 is 0 Å². The average Bonchev–Trinajstić information content (AvgIpc) is 2.14. The van der Waals surface area contributed by atoms with Crippen molar-refractivity contribution in [2.75, 3.05) is 0 Å². The van der Waals surface area contributed by atoms with Crippen LogP contribution in [0.2, 0.25) is 10.0 Å². The minimum atomic E-state index is -4.91. The third kappa shape index (κ3) is 2.86. The van der Waals surface area contributed by atoms with Crippen LogP contribution in [0.15, 0.2) is 18.2 Å². The molecule has 6 heteroatoms. The molecule has 0 spiro atoms. The Balaban J connectivity index is 3.38. The SMILES string of the molecule is C#CC[C@@](O)(c1cc(Cl)cc(Cl)c1)C(F)(F)F. The number of hydrogen-bond acceptors (Lipinski definition) is 1. The van der Waals surface area contributed by atoms with Crippen molar-refractivity contribution in [3.63, 3.8) is 0 Å². The highest BCUT2D eigenvalue weighted by atomic mass is 35.5. The van der Waals surface area contributed by atoms with Gasteiger partial charge in [-0.1, -0.05) is 23.2 Å². The summed E-state index contributed by atoms with van der Waals surface area (Å²) in [5.41, 5.74) is -3.61. The first kappa shape index (κ1) is 14.2. The molecule has 0 aliphatic heterocycles. The Hall–Kier alpha value is -0.890. The zero-order valence-corrected chi connectivity index (χ0v) is 9.87. The molecule has 0 saturated carbocycles. The van der Waals surface area contributed by atoms with Crippen LogP contribution >= 0.6 is 23.2 Å². The molecule has 0 unspecified atom stereocenters. The summed E-state index contributed by atoms with van der Waals surface area (Å²) < 4.78 is 38.4. The van der Waals surface area contributed by atoms with Crippen molar-refractivity contribution in [3.8, 4) is 12.3 Å². The van der Waals surface area contributed by atoms with E-state index in [2.05, 4.69) is 0 Å². The minimum Gasteiger partial charge on any atom is -0.376 e. The van der Waals surface area contributed by atoms with E-state index in [9.17, 15) is 18.3 Å². The van der Waals surface area contributed by atoms with Gasteiger partial charge in [0.15, 0.2) is 5.60 Å². The highest BCUT2D eigenvalue weighted by Crippen LogP contribution is 2.42. The molecule has 1 aromatic carbocycles. The molecule has 1 aromatic rings. The van der Waals surface area contributed by atoms with E-state index in [4.69, 9.17) is 29.6 Å². The van der Waals surface area contributed by atoms with Crippen molar-refractivity contribution in [3.05, 3.63) is 33.8 Å². The molecular formula is C11H7Cl2F3O. The lowest BCUT2D eigenvalue weighted by Gasteiger charge is -2.29. The van der Waals surface area contributed by atoms with E-state index in [-0.39, 0.29) is 10.0 Å². The molecule has 0 saturated heterocycles. The third-order valence-electron chi connectivity index (χ3n) is 2.17. The van der Waals surface area contributed by atoms with Gasteiger partial charge in [-0.05, 0) is 23.8 Å². The summed E-state index contributed by atoms with van der Waals surface area (Å²) in [7, 11) is 0. The maximum Gasteiger partial charge on any atom is 0.422 e. The zero-order chi connectivity index (χ0) is 13.3. The largest absolute Gasteiger partial charge is 0.422 e. The molecular weight excluding hydrogens is 276 g/mol. The first-order chi connectivity index (χ1) is 7.70. The van der Waals surface area contributed by atoms with Crippen LogP contribution in [-0.2, 0) is 5.60 Å². The van der Waals surface area contributed by atoms with Gasteiger partial charge in [0.25, 0.3) is 0 Å². The van der Waals surface area contributed by atoms with Crippen LogP contribution in [-0.4, -0.2) is 11.3 Å². The second-order valence-corrected chi connectivity index (χ2v) is 4.27. The molecule has 1 atom stereocenters. The van der Waals surface area contributed by atoms with Gasteiger partial charge in [-0.25, -0.2) is 0 Å². The Morgan fingerprint density at radius 3 is 2.00 bits per heavy atom. The second kappa shape index (κ2) is 4.77. The maximum absolute atomic E-state index is 12.8. The summed E-state index contributed by atoms with van der Waals surface area (Å²) >= 11 is 11.2. The fourth-order valence-electron chi connectivity index (χ4n) is 1.31. The molecule has 1 nitrogen and oxygen atoms in total. The predicted molar refractivity (Wildman–Crippen MR) is 59.9 cm³/mol. The van der Waals surface area contributed by atoms with Crippen LogP contribution in [0.1, 0.15) is 12.0 Å². The summed E-state index contributed by atoms with van der Waals surface area (Å²) in [6.45, 7) is 0. The number of rotatable bonds is 2. The number of hydrogen-bond donors (Lipinski definition) is 1. The van der Waals surface area contributed by atoms with Gasteiger partial charge < -0.3 is 5.11 Å². The highest BCUT2D eigenvalue weighted by Gasteiger charge is 2.54. The molecule has 0 bridgehead atoms. The normalized spacial score (nSPS) is 15.1. The number of terminal acetylenes is 1. The lowest BCUT2D eigenvalue weighted by molar-refractivity contribution is -0.264. The molecule has 0 aliphatic rings. The van der Waals surface area contributed by atoms with Crippen molar-refractivity contribution < 1.29 is 18.3 Å². The molecule has 17 heavy (non-hydrogen) atoms. The van der Waals surface area contributed by atoms with E-state index in [0.717, 1.165) is 12.1 Å². The van der Waals surface area contributed by atoms with Crippen LogP contribution in [0.25, 0.3) is 0 Å². The van der Waals surface area contributed by atoms with E-state index >= 15 is 0 Å². The molecule has 0 aromatic heterocycles. The molecule has 0 aliphatic carbocycles. The first-order valence-corrected chi connectivity index (χ1v) is 5.15. The summed E-state index contributed by atoms with van der Waals surface area (Å²) in [5, 5.41) is 9.67. The van der Waals surface area contributed by atoms with Gasteiger partial charge in [0, 0.05) is 10.0 Å². The van der Waals surface area contributed by atoms with Crippen molar-refractivity contribution in [2.24, 2.45) is 0 Å². The Bertz CT molecular complexity index is 445. The molecule has 0 fully saturated rings. The Kier molecular flexibility index (Phi) is 3.98. The van der Waals surface area contributed by atoms with E-state index in [1.165, 1.54) is 6.07 Å². The van der Waals surface area contributed by atoms with Gasteiger partial charge in [-0.2, -0.15) is 13.2 Å². The van der Waals surface area contributed by atoms with Crippen LogP contribution in [0, 0.1) is 12.3 Å². The summed E-state index contributed by atoms with van der Waals surface area (Å²) in [4.78, 5) is 0. The lowest BCUT2D eigenvalue weighted by atomic mass is 9.90. The first-order valence-electron chi connectivity index (χ1n) is 4.40. The quantitative estimate of drug-likeness (QED) is 0.819. The van der Waals surface area contributed by atoms with Gasteiger partial charge in [0.1, 0.15) is 0 Å². The summed E-state index contributed by atoms with van der Waals surface area (Å²) in [6, 6.07) is 3.23. The Labute approximate surface area is 106 Å². The minimum absolute atomic E-state index is 0.00723. The van der Waals surface area contributed by atoms with Crippen LogP contribution in [0.5, 0.6) is 0 Å². The van der Waals surface area contributed by atoms with E-state index in [1.807, 2.05) is 0 Å². The van der Waals surface area contributed by atoms with Crippen molar-refractivity contribution >= 4 is 23.2 Å². The summed E-state index contributed by atoms with van der Waals surface area (Å²) in [5.74, 6) is 1.80. The Morgan fingerprint density at radius 1 is 1.18 bits per heavy atom. The number of halogens is 5. The predicted octanol–water partition coefficient (Wildman–Crippen LogP) is 3.77. The zero-order valence-electron chi connectivity index (χ0n) is 8.35. The van der Waals surface area contributed by atoms with Gasteiger partial charge in [0.05, 0.1) is 6.42 Å². The molecule has 0 heterocycles. The topological polar surface area (TPSA) is 20.2 Å². The van der Waals surface area contributed by atoms with Crippen molar-refractivity contribution in [2.45, 2.75) is 18.2 Å². The monoisotopic (exact) mass is 282 g/mol. The molecule has 1 N–H and O–H groups in total. The van der Waals surface area contributed by atoms with E-state index in [0.29, 0.717) is 0 Å². The van der Waals surface area contributed by atoms with E-state index < -0.39 is 23.8 Å². The number of aliphatic hydroxyl groups is 1. The molecule has 1 rings (SSSR count). The molecule has 0 amide bonds. The van der Waals surface area contributed by atoms with Crippen LogP contribution in [0.4, 0.5) is 13.2 Å². The van der Waals surface area contributed by atoms with Gasteiger partial charge in [-0.15, -0.1) is 12.3 Å². The standard InChI is InChI=1S/C11H7Cl2F3O/c1-2-3-10(17,11(14,15)16)7-4-8(12)6-9(13)5-7/h1,4-6,17H,3H2/t10-/m1/s1. The lowest BCUT2D eigenvalue weighted by Crippen LogP contribution is -2.42.